The lowest BCUT2D eigenvalue weighted by atomic mass is 10.2. The molecule has 1 saturated carbocycles. The maximum atomic E-state index is 11.9. The van der Waals surface area contributed by atoms with Gasteiger partial charge in [0, 0.05) is 16.7 Å². The Morgan fingerprint density at radius 2 is 2.22 bits per heavy atom. The predicted molar refractivity (Wildman–Crippen MR) is 66.1 cm³/mol. The molecule has 1 amide bonds. The van der Waals surface area contributed by atoms with Gasteiger partial charge >= 0.3 is 0 Å². The van der Waals surface area contributed by atoms with Crippen molar-refractivity contribution >= 4 is 25.6 Å². The first-order valence-electron chi connectivity index (χ1n) is 5.76. The number of nitrogens with zero attached hydrogens (tertiary/aromatic N) is 1. The number of carbonyl (C=O) groups excluding carboxylic acids is 1. The largest absolute Gasteiger partial charge is 0.348 e. The molecule has 2 N–H and O–H groups in total. The Morgan fingerprint density at radius 1 is 1.56 bits per heavy atom. The number of aromatic nitrogens is 2. The molecule has 0 aliphatic heterocycles. The number of aromatic amines is 1. The van der Waals surface area contributed by atoms with Gasteiger partial charge in [0.2, 0.25) is 0 Å². The van der Waals surface area contributed by atoms with Crippen molar-refractivity contribution in [1.29, 1.82) is 0 Å². The van der Waals surface area contributed by atoms with Crippen molar-refractivity contribution in [3.63, 3.8) is 0 Å². The van der Waals surface area contributed by atoms with E-state index in [1.807, 2.05) is 6.92 Å². The van der Waals surface area contributed by atoms with Crippen LogP contribution < -0.4 is 5.32 Å². The number of hydrogen-bond acceptors (Lipinski definition) is 4. The van der Waals surface area contributed by atoms with E-state index in [1.165, 1.54) is 0 Å². The molecule has 2 rings (SSSR count). The van der Waals surface area contributed by atoms with Crippen molar-refractivity contribution in [2.45, 2.75) is 43.5 Å². The van der Waals surface area contributed by atoms with Crippen LogP contribution in [0.2, 0.25) is 0 Å². The number of halogens is 1. The highest BCUT2D eigenvalue weighted by atomic mass is 35.7. The van der Waals surface area contributed by atoms with Gasteiger partial charge < -0.3 is 5.32 Å². The normalized spacial score (nSPS) is 15.7. The molecule has 6 nitrogen and oxygen atoms in total. The van der Waals surface area contributed by atoms with E-state index in [0.29, 0.717) is 12.1 Å². The first-order chi connectivity index (χ1) is 8.43. The molecule has 8 heteroatoms. The Balaban J connectivity index is 2.37. The van der Waals surface area contributed by atoms with Crippen LogP contribution in [0.15, 0.2) is 4.90 Å². The molecular weight excluding hydrogens is 278 g/mol. The molecule has 1 aliphatic rings. The molecule has 1 fully saturated rings. The first kappa shape index (κ1) is 13.4. The van der Waals surface area contributed by atoms with Crippen molar-refractivity contribution in [1.82, 2.24) is 15.5 Å². The van der Waals surface area contributed by atoms with E-state index in [-0.39, 0.29) is 16.6 Å². The average Bonchev–Trinajstić information content (AvgIpc) is 2.94. The average molecular weight is 292 g/mol. The van der Waals surface area contributed by atoms with Crippen molar-refractivity contribution in [3.05, 3.63) is 11.4 Å². The minimum absolute atomic E-state index is 0.134. The highest BCUT2D eigenvalue weighted by Crippen LogP contribution is 2.25. The first-order valence-corrected chi connectivity index (χ1v) is 8.07. The Bertz CT molecular complexity index is 563. The zero-order chi connectivity index (χ0) is 13.3. The molecule has 1 aromatic rings. The number of amides is 1. The lowest BCUT2D eigenvalue weighted by Crippen LogP contribution is -2.27. The SMILES string of the molecule is CCCc1[nH]nc(C(=O)NC2CC2)c1S(=O)(=O)Cl. The second-order valence-electron chi connectivity index (χ2n) is 4.32. The number of carbonyl (C=O) groups is 1. The molecule has 0 bridgehead atoms. The topological polar surface area (TPSA) is 91.9 Å². The quantitative estimate of drug-likeness (QED) is 0.797. The summed E-state index contributed by atoms with van der Waals surface area (Å²) in [7, 11) is 1.39. The number of rotatable bonds is 5. The van der Waals surface area contributed by atoms with E-state index in [2.05, 4.69) is 15.5 Å². The van der Waals surface area contributed by atoms with Gasteiger partial charge in [-0.05, 0) is 19.3 Å². The second-order valence-corrected chi connectivity index (χ2v) is 6.82. The van der Waals surface area contributed by atoms with E-state index in [0.717, 1.165) is 19.3 Å². The van der Waals surface area contributed by atoms with Crippen molar-refractivity contribution < 1.29 is 13.2 Å². The molecule has 1 aliphatic carbocycles. The number of H-pyrrole nitrogens is 1. The maximum absolute atomic E-state index is 11.9. The monoisotopic (exact) mass is 291 g/mol. The molecule has 1 aromatic heterocycles. The van der Waals surface area contributed by atoms with E-state index in [9.17, 15) is 13.2 Å². The lowest BCUT2D eigenvalue weighted by Gasteiger charge is -2.02. The third-order valence-corrected chi connectivity index (χ3v) is 4.05. The van der Waals surface area contributed by atoms with Gasteiger partial charge in [-0.1, -0.05) is 13.3 Å². The second kappa shape index (κ2) is 4.89. The number of aryl methyl sites for hydroxylation is 1. The molecule has 0 spiro atoms. The summed E-state index contributed by atoms with van der Waals surface area (Å²) in [5.41, 5.74) is 0.244. The highest BCUT2D eigenvalue weighted by molar-refractivity contribution is 8.13. The fourth-order valence-electron chi connectivity index (χ4n) is 1.69. The Morgan fingerprint density at radius 3 is 2.72 bits per heavy atom. The van der Waals surface area contributed by atoms with Gasteiger partial charge in [0.25, 0.3) is 15.0 Å². The van der Waals surface area contributed by atoms with Crippen molar-refractivity contribution in [2.75, 3.05) is 0 Å². The molecule has 0 saturated heterocycles. The van der Waals surface area contributed by atoms with Crippen LogP contribution in [0.1, 0.15) is 42.4 Å². The van der Waals surface area contributed by atoms with Crippen LogP contribution >= 0.6 is 10.7 Å². The molecule has 0 radical (unpaired) electrons. The van der Waals surface area contributed by atoms with Crippen LogP contribution in [0, 0.1) is 0 Å². The van der Waals surface area contributed by atoms with E-state index in [4.69, 9.17) is 10.7 Å². The van der Waals surface area contributed by atoms with Crippen molar-refractivity contribution in [3.8, 4) is 0 Å². The van der Waals surface area contributed by atoms with E-state index < -0.39 is 15.0 Å². The van der Waals surface area contributed by atoms with Gasteiger partial charge in [0.15, 0.2) is 5.69 Å². The maximum Gasteiger partial charge on any atom is 0.273 e. The van der Waals surface area contributed by atoms with E-state index >= 15 is 0 Å². The summed E-state index contributed by atoms with van der Waals surface area (Å²) in [5.74, 6) is -0.490. The molecule has 18 heavy (non-hydrogen) atoms. The van der Waals surface area contributed by atoms with Crippen LogP contribution in [0.5, 0.6) is 0 Å². The fraction of sp³-hybridized carbons (Fsp3) is 0.600. The standard InChI is InChI=1S/C10H14ClN3O3S/c1-2-3-7-9(18(11,16)17)8(14-13-7)10(15)12-6-4-5-6/h6H,2-5H2,1H3,(H,12,15)(H,13,14). The molecular formula is C10H14ClN3O3S. The summed E-state index contributed by atoms with van der Waals surface area (Å²) >= 11 is 0. The third-order valence-electron chi connectivity index (χ3n) is 2.66. The third kappa shape index (κ3) is 2.84. The summed E-state index contributed by atoms with van der Waals surface area (Å²) in [5, 5.41) is 9.06. The number of nitrogens with one attached hydrogen (secondary N) is 2. The molecule has 1 heterocycles. The smallest absolute Gasteiger partial charge is 0.273 e. The summed E-state index contributed by atoms with van der Waals surface area (Å²) in [4.78, 5) is 11.7. The van der Waals surface area contributed by atoms with Gasteiger partial charge in [-0.15, -0.1) is 0 Å². The Labute approximate surface area is 110 Å². The van der Waals surface area contributed by atoms with Gasteiger partial charge in [0.1, 0.15) is 4.90 Å². The minimum atomic E-state index is -3.99. The number of hydrogen-bond donors (Lipinski definition) is 2. The van der Waals surface area contributed by atoms with Crippen LogP contribution in [0.25, 0.3) is 0 Å². The van der Waals surface area contributed by atoms with Crippen LogP contribution in [-0.2, 0) is 15.5 Å². The van der Waals surface area contributed by atoms with Crippen molar-refractivity contribution in [2.24, 2.45) is 0 Å². The fourth-order valence-corrected chi connectivity index (χ4v) is 3.00. The molecule has 0 unspecified atom stereocenters. The molecule has 0 atom stereocenters. The highest BCUT2D eigenvalue weighted by Gasteiger charge is 2.31. The zero-order valence-electron chi connectivity index (χ0n) is 9.86. The summed E-state index contributed by atoms with van der Waals surface area (Å²) < 4.78 is 23.1. The molecule has 0 aromatic carbocycles. The van der Waals surface area contributed by atoms with Gasteiger partial charge in [-0.3, -0.25) is 9.89 Å². The van der Waals surface area contributed by atoms with E-state index in [1.54, 1.807) is 0 Å². The summed E-state index contributed by atoms with van der Waals surface area (Å²) in [6.07, 6.45) is 3.04. The summed E-state index contributed by atoms with van der Waals surface area (Å²) in [6.45, 7) is 1.90. The Hall–Kier alpha value is -1.08. The summed E-state index contributed by atoms with van der Waals surface area (Å²) in [6, 6.07) is 0.134. The van der Waals surface area contributed by atoms with Crippen LogP contribution in [0.3, 0.4) is 0 Å². The minimum Gasteiger partial charge on any atom is -0.348 e. The lowest BCUT2D eigenvalue weighted by molar-refractivity contribution is 0.0942. The zero-order valence-corrected chi connectivity index (χ0v) is 11.4. The van der Waals surface area contributed by atoms with Crippen LogP contribution in [0.4, 0.5) is 0 Å². The predicted octanol–water partition coefficient (Wildman–Crippen LogP) is 1.18. The molecule has 100 valence electrons. The van der Waals surface area contributed by atoms with Crippen LogP contribution in [-0.4, -0.2) is 30.6 Å². The van der Waals surface area contributed by atoms with Gasteiger partial charge in [-0.2, -0.15) is 5.10 Å². The Kier molecular flexibility index (Phi) is 3.63. The van der Waals surface area contributed by atoms with Gasteiger partial charge in [0.05, 0.1) is 5.69 Å². The van der Waals surface area contributed by atoms with Gasteiger partial charge in [-0.25, -0.2) is 8.42 Å².